The average molecular weight is 283 g/mol. The number of piperidine rings is 1. The monoisotopic (exact) mass is 283 g/mol. The van der Waals surface area contributed by atoms with Crippen molar-refractivity contribution in [2.45, 2.75) is 44.2 Å². The predicted molar refractivity (Wildman–Crippen MR) is 79.5 cm³/mol. The van der Waals surface area contributed by atoms with E-state index in [1.165, 1.54) is 12.8 Å². The largest absolute Gasteiger partial charge is 0.396 e. The van der Waals surface area contributed by atoms with E-state index in [-0.39, 0.29) is 5.91 Å². The van der Waals surface area contributed by atoms with E-state index in [0.717, 1.165) is 32.4 Å². The van der Waals surface area contributed by atoms with Gasteiger partial charge in [-0.05, 0) is 31.6 Å². The van der Waals surface area contributed by atoms with Gasteiger partial charge in [0.05, 0.1) is 6.54 Å². The summed E-state index contributed by atoms with van der Waals surface area (Å²) in [4.78, 5) is 15.6. The zero-order chi connectivity index (χ0) is 14.5. The molecule has 5 heteroatoms. The second kappa shape index (κ2) is 7.38. The van der Waals surface area contributed by atoms with Gasteiger partial charge in [-0.2, -0.15) is 0 Å². The molecule has 20 heavy (non-hydrogen) atoms. The smallest absolute Gasteiger partial charge is 0.236 e. The number of aliphatic hydroxyl groups excluding tert-OH is 1. The summed E-state index contributed by atoms with van der Waals surface area (Å²) in [5.74, 6) is 0.635. The molecule has 0 radical (unpaired) electrons. The van der Waals surface area contributed by atoms with Crippen LogP contribution in [-0.4, -0.2) is 73.2 Å². The van der Waals surface area contributed by atoms with Gasteiger partial charge in [0.15, 0.2) is 0 Å². The van der Waals surface area contributed by atoms with Gasteiger partial charge in [-0.15, -0.1) is 0 Å². The quantitative estimate of drug-likeness (QED) is 0.761. The second-order valence-electron chi connectivity index (χ2n) is 6.49. The summed E-state index contributed by atoms with van der Waals surface area (Å²) in [5, 5.41) is 13.1. The van der Waals surface area contributed by atoms with Gasteiger partial charge in [0.2, 0.25) is 5.91 Å². The van der Waals surface area contributed by atoms with E-state index in [9.17, 15) is 9.90 Å². The molecule has 116 valence electrons. The zero-order valence-electron chi connectivity index (χ0n) is 12.8. The SMILES string of the molecule is CN(C)C(=O)CN1CCC(NC2CCCC2CO)CC1. The highest BCUT2D eigenvalue weighted by atomic mass is 16.3. The van der Waals surface area contributed by atoms with Crippen molar-refractivity contribution in [3.8, 4) is 0 Å². The number of aliphatic hydroxyl groups is 1. The molecule has 0 aromatic rings. The lowest BCUT2D eigenvalue weighted by Crippen LogP contribution is -2.49. The lowest BCUT2D eigenvalue weighted by atomic mass is 9.99. The fraction of sp³-hybridized carbons (Fsp3) is 0.933. The highest BCUT2D eigenvalue weighted by Gasteiger charge is 2.30. The summed E-state index contributed by atoms with van der Waals surface area (Å²) < 4.78 is 0. The third-order valence-corrected chi connectivity index (χ3v) is 4.79. The van der Waals surface area contributed by atoms with Crippen LogP contribution in [-0.2, 0) is 4.79 Å². The number of nitrogens with zero attached hydrogens (tertiary/aromatic N) is 2. The lowest BCUT2D eigenvalue weighted by molar-refractivity contribution is -0.130. The molecule has 1 saturated heterocycles. The van der Waals surface area contributed by atoms with Crippen molar-refractivity contribution in [1.82, 2.24) is 15.1 Å². The Morgan fingerprint density at radius 3 is 2.55 bits per heavy atom. The first-order valence-corrected chi connectivity index (χ1v) is 7.89. The topological polar surface area (TPSA) is 55.8 Å². The number of hydrogen-bond acceptors (Lipinski definition) is 4. The molecule has 1 heterocycles. The Hall–Kier alpha value is -0.650. The second-order valence-corrected chi connectivity index (χ2v) is 6.49. The van der Waals surface area contributed by atoms with Gasteiger partial charge in [0.1, 0.15) is 0 Å². The normalized spacial score (nSPS) is 28.8. The molecule has 2 rings (SSSR count). The predicted octanol–water partition coefficient (Wildman–Crippen LogP) is 0.290. The summed E-state index contributed by atoms with van der Waals surface area (Å²) in [7, 11) is 3.62. The molecule has 2 fully saturated rings. The average Bonchev–Trinajstić information content (AvgIpc) is 2.88. The standard InChI is InChI=1S/C15H29N3O2/c1-17(2)15(20)10-18-8-6-13(7-9-18)16-14-5-3-4-12(14)11-19/h12-14,16,19H,3-11H2,1-2H3. The summed E-state index contributed by atoms with van der Waals surface area (Å²) in [5.41, 5.74) is 0. The first-order valence-electron chi connectivity index (χ1n) is 7.89. The van der Waals surface area contributed by atoms with Crippen LogP contribution >= 0.6 is 0 Å². The molecular weight excluding hydrogens is 254 g/mol. The number of carbonyl (C=O) groups excluding carboxylic acids is 1. The summed E-state index contributed by atoms with van der Waals surface area (Å²) in [6, 6.07) is 1.05. The Morgan fingerprint density at radius 1 is 1.25 bits per heavy atom. The number of nitrogens with one attached hydrogen (secondary N) is 1. The van der Waals surface area contributed by atoms with E-state index in [0.29, 0.717) is 31.2 Å². The summed E-state index contributed by atoms with van der Waals surface area (Å²) in [6.45, 7) is 2.85. The third-order valence-electron chi connectivity index (χ3n) is 4.79. The molecule has 1 amide bonds. The van der Waals surface area contributed by atoms with Crippen LogP contribution in [0.25, 0.3) is 0 Å². The van der Waals surface area contributed by atoms with E-state index in [1.807, 2.05) is 14.1 Å². The van der Waals surface area contributed by atoms with Crippen molar-refractivity contribution in [2.75, 3.05) is 40.3 Å². The van der Waals surface area contributed by atoms with Gasteiger partial charge in [-0.1, -0.05) is 6.42 Å². The molecule has 1 aliphatic carbocycles. The molecule has 2 unspecified atom stereocenters. The molecule has 2 atom stereocenters. The molecule has 1 saturated carbocycles. The Labute approximate surface area is 122 Å². The van der Waals surface area contributed by atoms with Crippen molar-refractivity contribution in [3.05, 3.63) is 0 Å². The summed E-state index contributed by atoms with van der Waals surface area (Å²) in [6.07, 6.45) is 5.80. The molecule has 0 spiro atoms. The van der Waals surface area contributed by atoms with Crippen molar-refractivity contribution in [3.63, 3.8) is 0 Å². The van der Waals surface area contributed by atoms with E-state index in [2.05, 4.69) is 10.2 Å². The molecule has 2 N–H and O–H groups in total. The molecule has 1 aliphatic heterocycles. The molecular formula is C15H29N3O2. The lowest BCUT2D eigenvalue weighted by Gasteiger charge is -2.35. The minimum Gasteiger partial charge on any atom is -0.396 e. The van der Waals surface area contributed by atoms with Crippen molar-refractivity contribution in [2.24, 2.45) is 5.92 Å². The maximum absolute atomic E-state index is 11.7. The van der Waals surface area contributed by atoms with Gasteiger partial charge in [-0.3, -0.25) is 9.69 Å². The molecule has 0 bridgehead atoms. The first kappa shape index (κ1) is 15.7. The minimum absolute atomic E-state index is 0.188. The number of likely N-dealkylation sites (tertiary alicyclic amines) is 1. The molecule has 5 nitrogen and oxygen atoms in total. The van der Waals surface area contributed by atoms with Crippen LogP contribution in [0.3, 0.4) is 0 Å². The Morgan fingerprint density at radius 2 is 1.95 bits per heavy atom. The van der Waals surface area contributed by atoms with Crippen LogP contribution in [0, 0.1) is 5.92 Å². The zero-order valence-corrected chi connectivity index (χ0v) is 12.8. The van der Waals surface area contributed by atoms with Crippen LogP contribution < -0.4 is 5.32 Å². The Bertz CT molecular complexity index is 314. The molecule has 0 aromatic heterocycles. The van der Waals surface area contributed by atoms with Crippen molar-refractivity contribution >= 4 is 5.91 Å². The minimum atomic E-state index is 0.188. The van der Waals surface area contributed by atoms with Crippen LogP contribution in [0.4, 0.5) is 0 Å². The van der Waals surface area contributed by atoms with Gasteiger partial charge >= 0.3 is 0 Å². The summed E-state index contributed by atoms with van der Waals surface area (Å²) >= 11 is 0. The molecule has 0 aromatic carbocycles. The van der Waals surface area contributed by atoms with Crippen molar-refractivity contribution < 1.29 is 9.90 Å². The highest BCUT2D eigenvalue weighted by molar-refractivity contribution is 5.77. The molecule has 2 aliphatic rings. The fourth-order valence-corrected chi connectivity index (χ4v) is 3.37. The Kier molecular flexibility index (Phi) is 5.81. The van der Waals surface area contributed by atoms with E-state index < -0.39 is 0 Å². The number of rotatable bonds is 5. The number of likely N-dealkylation sites (N-methyl/N-ethyl adjacent to an activating group) is 1. The maximum atomic E-state index is 11.7. The van der Waals surface area contributed by atoms with Crippen LogP contribution in [0.2, 0.25) is 0 Å². The Balaban J connectivity index is 1.70. The highest BCUT2D eigenvalue weighted by Crippen LogP contribution is 2.26. The van der Waals surface area contributed by atoms with Gasteiger partial charge in [0.25, 0.3) is 0 Å². The number of hydrogen-bond donors (Lipinski definition) is 2. The maximum Gasteiger partial charge on any atom is 0.236 e. The van der Waals surface area contributed by atoms with Crippen LogP contribution in [0.5, 0.6) is 0 Å². The van der Waals surface area contributed by atoms with Crippen LogP contribution in [0.15, 0.2) is 0 Å². The number of amides is 1. The fourth-order valence-electron chi connectivity index (χ4n) is 3.37. The third kappa shape index (κ3) is 4.17. The van der Waals surface area contributed by atoms with E-state index in [4.69, 9.17) is 0 Å². The van der Waals surface area contributed by atoms with E-state index in [1.54, 1.807) is 4.90 Å². The van der Waals surface area contributed by atoms with E-state index >= 15 is 0 Å². The number of carbonyl (C=O) groups is 1. The van der Waals surface area contributed by atoms with Gasteiger partial charge in [-0.25, -0.2) is 0 Å². The van der Waals surface area contributed by atoms with Crippen LogP contribution in [0.1, 0.15) is 32.1 Å². The first-order chi connectivity index (χ1) is 9.60. The van der Waals surface area contributed by atoms with Crippen molar-refractivity contribution in [1.29, 1.82) is 0 Å². The van der Waals surface area contributed by atoms with Gasteiger partial charge in [0, 0.05) is 45.9 Å². The van der Waals surface area contributed by atoms with Gasteiger partial charge < -0.3 is 15.3 Å².